The highest BCUT2D eigenvalue weighted by atomic mass is 127. The molecular weight excluding hydrogens is 485 g/mol. The Bertz CT molecular complexity index is 790. The van der Waals surface area contributed by atoms with E-state index in [9.17, 15) is 4.79 Å². The fraction of sp³-hybridized carbons (Fsp3) is 0.450. The Labute approximate surface area is 187 Å². The summed E-state index contributed by atoms with van der Waals surface area (Å²) >= 11 is 1.74. The summed E-state index contributed by atoms with van der Waals surface area (Å²) in [5.41, 5.74) is 2.10. The molecule has 0 radical (unpaired) electrons. The van der Waals surface area contributed by atoms with Crippen LogP contribution in [-0.4, -0.2) is 36.5 Å². The lowest BCUT2D eigenvalue weighted by Gasteiger charge is -2.15. The van der Waals surface area contributed by atoms with E-state index in [0.717, 1.165) is 54.7 Å². The molecule has 1 aliphatic heterocycles. The monoisotopic (exact) mass is 513 g/mol. The summed E-state index contributed by atoms with van der Waals surface area (Å²) in [6.45, 7) is 7.17. The SMILES string of the molecule is CCNC(=NCc1ccc(N2CCCC2=O)cc1)NCCc1ncc(C)s1.I. The molecule has 6 nitrogen and oxygen atoms in total. The largest absolute Gasteiger partial charge is 0.357 e. The Balaban J connectivity index is 0.00000280. The Morgan fingerprint density at radius 1 is 1.29 bits per heavy atom. The molecule has 0 aliphatic carbocycles. The van der Waals surface area contributed by atoms with Crippen molar-refractivity contribution in [2.75, 3.05) is 24.5 Å². The number of amides is 1. The minimum Gasteiger partial charge on any atom is -0.357 e. The van der Waals surface area contributed by atoms with E-state index in [-0.39, 0.29) is 29.9 Å². The average molecular weight is 513 g/mol. The van der Waals surface area contributed by atoms with Gasteiger partial charge in [0.2, 0.25) is 5.91 Å². The van der Waals surface area contributed by atoms with Crippen molar-refractivity contribution in [3.8, 4) is 0 Å². The van der Waals surface area contributed by atoms with Crippen molar-refractivity contribution in [1.82, 2.24) is 15.6 Å². The number of guanidine groups is 1. The van der Waals surface area contributed by atoms with Crippen molar-refractivity contribution in [2.45, 2.75) is 39.7 Å². The molecule has 0 bridgehead atoms. The summed E-state index contributed by atoms with van der Waals surface area (Å²) in [5.74, 6) is 1.03. The van der Waals surface area contributed by atoms with E-state index in [4.69, 9.17) is 0 Å². The second kappa shape index (κ2) is 11.4. The lowest BCUT2D eigenvalue weighted by Crippen LogP contribution is -2.38. The maximum absolute atomic E-state index is 11.8. The van der Waals surface area contributed by atoms with Gasteiger partial charge in [-0.1, -0.05) is 12.1 Å². The molecule has 2 aromatic rings. The summed E-state index contributed by atoms with van der Waals surface area (Å²) in [5, 5.41) is 7.78. The zero-order valence-electron chi connectivity index (χ0n) is 16.4. The number of aryl methyl sites for hydroxylation is 1. The first-order chi connectivity index (χ1) is 13.2. The highest BCUT2D eigenvalue weighted by Gasteiger charge is 2.21. The van der Waals surface area contributed by atoms with E-state index in [1.54, 1.807) is 11.3 Å². The van der Waals surface area contributed by atoms with Crippen molar-refractivity contribution in [3.05, 3.63) is 45.9 Å². The van der Waals surface area contributed by atoms with Crippen LogP contribution in [-0.2, 0) is 17.8 Å². The van der Waals surface area contributed by atoms with E-state index in [1.807, 2.05) is 35.4 Å². The number of carbonyl (C=O) groups is 1. The summed E-state index contributed by atoms with van der Waals surface area (Å²) in [7, 11) is 0. The predicted molar refractivity (Wildman–Crippen MR) is 127 cm³/mol. The van der Waals surface area contributed by atoms with E-state index in [0.29, 0.717) is 13.0 Å². The molecule has 1 aliphatic rings. The lowest BCUT2D eigenvalue weighted by molar-refractivity contribution is -0.117. The molecule has 1 amide bonds. The number of halogens is 1. The van der Waals surface area contributed by atoms with Gasteiger partial charge >= 0.3 is 0 Å². The third-order valence-corrected chi connectivity index (χ3v) is 5.36. The molecular formula is C20H28IN5OS. The summed E-state index contributed by atoms with van der Waals surface area (Å²) < 4.78 is 0. The number of carbonyl (C=O) groups excluding carboxylic acids is 1. The van der Waals surface area contributed by atoms with E-state index < -0.39 is 0 Å². The molecule has 0 unspecified atom stereocenters. The summed E-state index contributed by atoms with van der Waals surface area (Å²) in [6, 6.07) is 8.12. The number of benzene rings is 1. The van der Waals surface area contributed by atoms with Crippen LogP contribution in [0.25, 0.3) is 0 Å². The second-order valence-electron chi connectivity index (χ2n) is 6.55. The van der Waals surface area contributed by atoms with Gasteiger partial charge in [0.1, 0.15) is 0 Å². The van der Waals surface area contributed by atoms with E-state index in [1.165, 1.54) is 4.88 Å². The average Bonchev–Trinajstić information content (AvgIpc) is 3.28. The quantitative estimate of drug-likeness (QED) is 0.338. The van der Waals surface area contributed by atoms with Gasteiger partial charge in [-0.3, -0.25) is 4.79 Å². The van der Waals surface area contributed by atoms with Crippen molar-refractivity contribution >= 4 is 52.9 Å². The van der Waals surface area contributed by atoms with E-state index >= 15 is 0 Å². The van der Waals surface area contributed by atoms with Crippen LogP contribution < -0.4 is 15.5 Å². The number of nitrogens with zero attached hydrogens (tertiary/aromatic N) is 3. The molecule has 28 heavy (non-hydrogen) atoms. The molecule has 1 aromatic heterocycles. The van der Waals surface area contributed by atoms with Crippen LogP contribution >= 0.6 is 35.3 Å². The minimum atomic E-state index is 0. The summed E-state index contributed by atoms with van der Waals surface area (Å²) in [4.78, 5) is 24.0. The Kier molecular flexibility index (Phi) is 9.17. The minimum absolute atomic E-state index is 0. The van der Waals surface area contributed by atoms with Crippen molar-refractivity contribution in [2.24, 2.45) is 4.99 Å². The van der Waals surface area contributed by atoms with Gasteiger partial charge in [0.05, 0.1) is 11.6 Å². The number of rotatable bonds is 7. The molecule has 152 valence electrons. The number of hydrogen-bond donors (Lipinski definition) is 2. The van der Waals surface area contributed by atoms with Crippen LogP contribution in [0, 0.1) is 6.92 Å². The van der Waals surface area contributed by atoms with Gasteiger partial charge in [-0.05, 0) is 38.0 Å². The van der Waals surface area contributed by atoms with Crippen LogP contribution in [0.1, 0.15) is 35.2 Å². The number of aliphatic imine (C=N–C) groups is 1. The lowest BCUT2D eigenvalue weighted by atomic mass is 10.2. The maximum atomic E-state index is 11.8. The zero-order chi connectivity index (χ0) is 19.1. The normalized spacial score (nSPS) is 14.1. The first-order valence-electron chi connectivity index (χ1n) is 9.48. The Hall–Kier alpha value is -1.68. The zero-order valence-corrected chi connectivity index (χ0v) is 19.5. The van der Waals surface area contributed by atoms with Crippen LogP contribution in [0.15, 0.2) is 35.5 Å². The molecule has 0 spiro atoms. The first-order valence-corrected chi connectivity index (χ1v) is 10.3. The van der Waals surface area contributed by atoms with Crippen LogP contribution in [0.2, 0.25) is 0 Å². The molecule has 8 heteroatoms. The standard InChI is InChI=1S/C20H27N5OS.HI/c1-3-21-20(22-11-10-18-23-13-15(2)27-18)24-14-16-6-8-17(9-7-16)25-12-4-5-19(25)26;/h6-9,13H,3-5,10-12,14H2,1-2H3,(H2,21,22,24);1H. The molecule has 0 atom stereocenters. The maximum Gasteiger partial charge on any atom is 0.227 e. The fourth-order valence-electron chi connectivity index (χ4n) is 3.02. The number of thiazole rings is 1. The Morgan fingerprint density at radius 3 is 2.68 bits per heavy atom. The van der Waals surface area contributed by atoms with Gasteiger partial charge in [0.15, 0.2) is 5.96 Å². The molecule has 1 saturated heterocycles. The van der Waals surface area contributed by atoms with Gasteiger partial charge in [0.25, 0.3) is 0 Å². The van der Waals surface area contributed by atoms with Crippen molar-refractivity contribution in [3.63, 3.8) is 0 Å². The van der Waals surface area contributed by atoms with Crippen molar-refractivity contribution < 1.29 is 4.79 Å². The molecule has 3 rings (SSSR count). The predicted octanol–water partition coefficient (Wildman–Crippen LogP) is 3.49. The third kappa shape index (κ3) is 6.44. The van der Waals surface area contributed by atoms with Gasteiger partial charge in [-0.2, -0.15) is 0 Å². The van der Waals surface area contributed by atoms with Gasteiger partial charge in [0, 0.05) is 49.2 Å². The first kappa shape index (κ1) is 22.6. The van der Waals surface area contributed by atoms with Crippen LogP contribution in [0.4, 0.5) is 5.69 Å². The fourth-order valence-corrected chi connectivity index (χ4v) is 3.81. The van der Waals surface area contributed by atoms with E-state index in [2.05, 4.69) is 34.5 Å². The Morgan fingerprint density at radius 2 is 2.07 bits per heavy atom. The number of anilines is 1. The molecule has 0 saturated carbocycles. The highest BCUT2D eigenvalue weighted by molar-refractivity contribution is 14.0. The molecule has 2 heterocycles. The number of hydrogen-bond acceptors (Lipinski definition) is 4. The van der Waals surface area contributed by atoms with Crippen molar-refractivity contribution in [1.29, 1.82) is 0 Å². The van der Waals surface area contributed by atoms with Gasteiger partial charge < -0.3 is 15.5 Å². The molecule has 1 aromatic carbocycles. The smallest absolute Gasteiger partial charge is 0.227 e. The van der Waals surface area contributed by atoms with Gasteiger partial charge in [-0.25, -0.2) is 9.98 Å². The topological polar surface area (TPSA) is 69.6 Å². The highest BCUT2D eigenvalue weighted by Crippen LogP contribution is 2.21. The number of nitrogens with one attached hydrogen (secondary N) is 2. The number of aromatic nitrogens is 1. The molecule has 2 N–H and O–H groups in total. The summed E-state index contributed by atoms with van der Waals surface area (Å²) in [6.07, 6.45) is 4.41. The third-order valence-electron chi connectivity index (χ3n) is 4.39. The second-order valence-corrected chi connectivity index (χ2v) is 7.87. The van der Waals surface area contributed by atoms with Gasteiger partial charge in [-0.15, -0.1) is 35.3 Å². The molecule has 1 fully saturated rings. The van der Waals surface area contributed by atoms with Crippen LogP contribution in [0.5, 0.6) is 0 Å². The van der Waals surface area contributed by atoms with Crippen LogP contribution in [0.3, 0.4) is 0 Å².